The first kappa shape index (κ1) is 18.1. The second-order valence-corrected chi connectivity index (χ2v) is 7.32. The normalized spacial score (nSPS) is 16.4. The Kier molecular flexibility index (Phi) is 5.50. The van der Waals surface area contributed by atoms with Crippen LogP contribution in [0.15, 0.2) is 52.9 Å². The average Bonchev–Trinajstić information content (AvgIpc) is 3.18. The number of rotatable bonds is 5. The van der Waals surface area contributed by atoms with E-state index < -0.39 is 0 Å². The van der Waals surface area contributed by atoms with E-state index >= 15 is 0 Å². The Balaban J connectivity index is 1.65. The summed E-state index contributed by atoms with van der Waals surface area (Å²) in [5.74, 6) is 0.577. The molecule has 1 fully saturated rings. The maximum Gasteiger partial charge on any atom is 0.249 e. The van der Waals surface area contributed by atoms with E-state index in [2.05, 4.69) is 15.5 Å². The summed E-state index contributed by atoms with van der Waals surface area (Å²) in [6.07, 6.45) is 5.92. The molecule has 0 aliphatic heterocycles. The summed E-state index contributed by atoms with van der Waals surface area (Å²) in [5.41, 5.74) is 1.60. The van der Waals surface area contributed by atoms with E-state index in [1.807, 2.05) is 18.2 Å². The number of aromatic nitrogens is 2. The Hall–Kier alpha value is -2.24. The molecule has 1 heterocycles. The zero-order chi connectivity index (χ0) is 18.6. The minimum Gasteiger partial charge on any atom is -0.419 e. The Morgan fingerprint density at radius 1 is 1.00 bits per heavy atom. The molecular formula is C21H21ClFN3O. The second-order valence-electron chi connectivity index (χ2n) is 6.91. The van der Waals surface area contributed by atoms with Gasteiger partial charge in [0.05, 0.1) is 10.6 Å². The van der Waals surface area contributed by atoms with Crippen LogP contribution in [0.25, 0.3) is 11.5 Å². The molecule has 0 spiro atoms. The smallest absolute Gasteiger partial charge is 0.249 e. The topological polar surface area (TPSA) is 51.0 Å². The van der Waals surface area contributed by atoms with Gasteiger partial charge in [0.15, 0.2) is 0 Å². The fourth-order valence-electron chi connectivity index (χ4n) is 3.57. The van der Waals surface area contributed by atoms with Crippen LogP contribution >= 0.6 is 11.6 Å². The van der Waals surface area contributed by atoms with Crippen molar-refractivity contribution >= 4 is 11.6 Å². The summed E-state index contributed by atoms with van der Waals surface area (Å²) in [7, 11) is 0. The van der Waals surface area contributed by atoms with E-state index in [9.17, 15) is 4.39 Å². The first-order valence-electron chi connectivity index (χ1n) is 9.30. The Morgan fingerprint density at radius 2 is 1.74 bits per heavy atom. The molecular weight excluding hydrogens is 365 g/mol. The Labute approximate surface area is 162 Å². The molecule has 4 rings (SSSR count). The van der Waals surface area contributed by atoms with Gasteiger partial charge < -0.3 is 4.42 Å². The molecule has 1 N–H and O–H groups in total. The van der Waals surface area contributed by atoms with E-state index in [0.717, 1.165) is 18.4 Å². The van der Waals surface area contributed by atoms with Crippen LogP contribution in [0.5, 0.6) is 0 Å². The van der Waals surface area contributed by atoms with Crippen molar-refractivity contribution in [1.82, 2.24) is 15.5 Å². The lowest BCUT2D eigenvalue weighted by atomic mass is 9.94. The molecule has 1 aromatic heterocycles. The summed E-state index contributed by atoms with van der Waals surface area (Å²) in [6.45, 7) is 0. The van der Waals surface area contributed by atoms with Crippen LogP contribution in [0.1, 0.15) is 49.6 Å². The predicted molar refractivity (Wildman–Crippen MR) is 103 cm³/mol. The van der Waals surface area contributed by atoms with E-state index in [0.29, 0.717) is 28.4 Å². The third-order valence-electron chi connectivity index (χ3n) is 5.00. The standard InChI is InChI=1S/C21H21ClFN3O/c22-18-9-5-4-8-17(18)20-25-26-21(27-20)19(14-10-12-15(23)13-11-14)24-16-6-2-1-3-7-16/h4-5,8-13,16,19,24H,1-3,6-7H2. The van der Waals surface area contributed by atoms with Crippen molar-refractivity contribution < 1.29 is 8.81 Å². The third kappa shape index (κ3) is 4.20. The lowest BCUT2D eigenvalue weighted by molar-refractivity contribution is 0.329. The molecule has 1 atom stereocenters. The van der Waals surface area contributed by atoms with Gasteiger partial charge in [-0.05, 0) is 42.7 Å². The van der Waals surface area contributed by atoms with Gasteiger partial charge in [-0.25, -0.2) is 4.39 Å². The van der Waals surface area contributed by atoms with Crippen LogP contribution in [0.3, 0.4) is 0 Å². The van der Waals surface area contributed by atoms with Crippen LogP contribution in [-0.2, 0) is 0 Å². The number of halogens is 2. The fourth-order valence-corrected chi connectivity index (χ4v) is 3.78. The third-order valence-corrected chi connectivity index (χ3v) is 5.33. The van der Waals surface area contributed by atoms with E-state index in [1.54, 1.807) is 18.2 Å². The quantitative estimate of drug-likeness (QED) is 0.626. The SMILES string of the molecule is Fc1ccc(C(NC2CCCCC2)c2nnc(-c3ccccc3Cl)o2)cc1. The van der Waals surface area contributed by atoms with Crippen molar-refractivity contribution in [3.05, 3.63) is 70.8 Å². The highest BCUT2D eigenvalue weighted by molar-refractivity contribution is 6.33. The van der Waals surface area contributed by atoms with Gasteiger partial charge in [-0.2, -0.15) is 0 Å². The molecule has 0 radical (unpaired) electrons. The number of nitrogens with one attached hydrogen (secondary N) is 1. The predicted octanol–water partition coefficient (Wildman–Crippen LogP) is 5.54. The van der Waals surface area contributed by atoms with Crippen molar-refractivity contribution in [2.75, 3.05) is 0 Å². The highest BCUT2D eigenvalue weighted by Crippen LogP contribution is 2.30. The zero-order valence-corrected chi connectivity index (χ0v) is 15.6. The Morgan fingerprint density at radius 3 is 2.48 bits per heavy atom. The van der Waals surface area contributed by atoms with Gasteiger partial charge >= 0.3 is 0 Å². The van der Waals surface area contributed by atoms with Crippen molar-refractivity contribution in [3.63, 3.8) is 0 Å². The van der Waals surface area contributed by atoms with Gasteiger partial charge in [0, 0.05) is 6.04 Å². The maximum atomic E-state index is 13.4. The molecule has 1 unspecified atom stereocenters. The number of nitrogens with zero attached hydrogens (tertiary/aromatic N) is 2. The number of hydrogen-bond donors (Lipinski definition) is 1. The van der Waals surface area contributed by atoms with Crippen molar-refractivity contribution in [3.8, 4) is 11.5 Å². The highest BCUT2D eigenvalue weighted by Gasteiger charge is 2.25. The van der Waals surface area contributed by atoms with Crippen molar-refractivity contribution in [1.29, 1.82) is 0 Å². The summed E-state index contributed by atoms with van der Waals surface area (Å²) >= 11 is 6.25. The monoisotopic (exact) mass is 385 g/mol. The van der Waals surface area contributed by atoms with Gasteiger partial charge in [-0.15, -0.1) is 10.2 Å². The van der Waals surface area contributed by atoms with E-state index in [4.69, 9.17) is 16.0 Å². The molecule has 27 heavy (non-hydrogen) atoms. The van der Waals surface area contributed by atoms with Crippen LogP contribution in [0, 0.1) is 5.82 Å². The van der Waals surface area contributed by atoms with E-state index in [1.165, 1.54) is 31.4 Å². The largest absolute Gasteiger partial charge is 0.419 e. The minimum atomic E-state index is -0.280. The molecule has 0 saturated heterocycles. The van der Waals surface area contributed by atoms with Gasteiger partial charge in [0.1, 0.15) is 11.9 Å². The van der Waals surface area contributed by atoms with Gasteiger partial charge in [0.2, 0.25) is 11.8 Å². The summed E-state index contributed by atoms with van der Waals surface area (Å²) in [5, 5.41) is 12.7. The molecule has 0 bridgehead atoms. The molecule has 1 saturated carbocycles. The van der Waals surface area contributed by atoms with Crippen LogP contribution in [0.2, 0.25) is 5.02 Å². The fraction of sp³-hybridized carbons (Fsp3) is 0.333. The summed E-state index contributed by atoms with van der Waals surface area (Å²) < 4.78 is 19.4. The summed E-state index contributed by atoms with van der Waals surface area (Å²) in [4.78, 5) is 0. The maximum absolute atomic E-state index is 13.4. The van der Waals surface area contributed by atoms with Gasteiger partial charge in [-0.1, -0.05) is 55.1 Å². The van der Waals surface area contributed by atoms with E-state index in [-0.39, 0.29) is 11.9 Å². The highest BCUT2D eigenvalue weighted by atomic mass is 35.5. The lowest BCUT2D eigenvalue weighted by Crippen LogP contribution is -2.35. The minimum absolute atomic E-state index is 0.266. The zero-order valence-electron chi connectivity index (χ0n) is 14.9. The van der Waals surface area contributed by atoms with Gasteiger partial charge in [-0.3, -0.25) is 5.32 Å². The average molecular weight is 386 g/mol. The van der Waals surface area contributed by atoms with Crippen LogP contribution in [0.4, 0.5) is 4.39 Å². The van der Waals surface area contributed by atoms with Crippen molar-refractivity contribution in [2.24, 2.45) is 0 Å². The molecule has 140 valence electrons. The molecule has 2 aromatic carbocycles. The molecule has 6 heteroatoms. The van der Waals surface area contributed by atoms with Crippen LogP contribution < -0.4 is 5.32 Å². The molecule has 0 amide bonds. The molecule has 1 aliphatic rings. The summed E-state index contributed by atoms with van der Waals surface area (Å²) in [6, 6.07) is 13.9. The van der Waals surface area contributed by atoms with Crippen LogP contribution in [-0.4, -0.2) is 16.2 Å². The Bertz CT molecular complexity index is 890. The number of benzene rings is 2. The first-order chi connectivity index (χ1) is 13.2. The number of hydrogen-bond acceptors (Lipinski definition) is 4. The lowest BCUT2D eigenvalue weighted by Gasteiger charge is -2.27. The molecule has 3 aromatic rings. The van der Waals surface area contributed by atoms with Gasteiger partial charge in [0.25, 0.3) is 0 Å². The molecule has 4 nitrogen and oxygen atoms in total. The first-order valence-corrected chi connectivity index (χ1v) is 9.68. The molecule has 1 aliphatic carbocycles. The second kappa shape index (κ2) is 8.19. The van der Waals surface area contributed by atoms with Crippen molar-refractivity contribution in [2.45, 2.75) is 44.2 Å².